The molecule has 2 aliphatic rings. The van der Waals surface area contributed by atoms with Gasteiger partial charge in [-0.3, -0.25) is 4.79 Å². The van der Waals surface area contributed by atoms with Crippen LogP contribution in [0.3, 0.4) is 0 Å². The minimum atomic E-state index is -0.358. The molecule has 0 spiro atoms. The van der Waals surface area contributed by atoms with E-state index in [0.29, 0.717) is 34.0 Å². The number of aromatic nitrogens is 2. The highest BCUT2D eigenvalue weighted by molar-refractivity contribution is 7.21. The molecule has 1 saturated heterocycles. The molecule has 1 aliphatic heterocycles. The summed E-state index contributed by atoms with van der Waals surface area (Å²) in [7, 11) is 0. The standard InChI is InChI=1S/C23H28N6O2S/c1-13-10-26-20-19(24)21(32-23(20)27-13)22(31)28-16-4-2-15-9-17(5-3-14(15)8-16)29-7-6-25-11-18(30)12-29/h3,5,9-10,16,18,25,30H,2,4,6-8,11-12,24H2,1H3,(H,28,31)/t16-,18+/m1/s1. The molecule has 2 aromatic heterocycles. The van der Waals surface area contributed by atoms with Crippen LogP contribution in [0.4, 0.5) is 11.4 Å². The van der Waals surface area contributed by atoms with Crippen molar-refractivity contribution in [2.24, 2.45) is 0 Å². The van der Waals surface area contributed by atoms with Crippen molar-refractivity contribution in [1.82, 2.24) is 20.6 Å². The lowest BCUT2D eigenvalue weighted by Gasteiger charge is -2.29. The number of aliphatic hydroxyl groups is 1. The molecule has 3 heterocycles. The predicted molar refractivity (Wildman–Crippen MR) is 127 cm³/mol. The van der Waals surface area contributed by atoms with E-state index in [1.807, 2.05) is 6.92 Å². The number of anilines is 2. The van der Waals surface area contributed by atoms with E-state index in [2.05, 4.69) is 43.7 Å². The molecule has 1 fully saturated rings. The van der Waals surface area contributed by atoms with Gasteiger partial charge in [-0.1, -0.05) is 6.07 Å². The zero-order valence-corrected chi connectivity index (χ0v) is 18.9. The average Bonchev–Trinajstić information content (AvgIpc) is 2.95. The van der Waals surface area contributed by atoms with Crippen molar-refractivity contribution in [2.45, 2.75) is 38.3 Å². The van der Waals surface area contributed by atoms with Gasteiger partial charge in [-0.05, 0) is 49.4 Å². The van der Waals surface area contributed by atoms with Gasteiger partial charge in [-0.2, -0.15) is 0 Å². The van der Waals surface area contributed by atoms with Crippen molar-refractivity contribution in [3.63, 3.8) is 0 Å². The van der Waals surface area contributed by atoms with Crippen LogP contribution in [0.5, 0.6) is 0 Å². The molecular formula is C23H28N6O2S. The number of β-amino-alcohol motifs (C(OH)–C–C–N with tert-alkyl or cyclic N) is 1. The van der Waals surface area contributed by atoms with Gasteiger partial charge in [-0.25, -0.2) is 9.97 Å². The van der Waals surface area contributed by atoms with Crippen molar-refractivity contribution in [3.8, 4) is 0 Å². The van der Waals surface area contributed by atoms with Crippen LogP contribution in [0, 0.1) is 6.92 Å². The summed E-state index contributed by atoms with van der Waals surface area (Å²) >= 11 is 1.30. The van der Waals surface area contributed by atoms with E-state index in [9.17, 15) is 9.90 Å². The normalized spacial score (nSPS) is 21.2. The number of carbonyl (C=O) groups is 1. The van der Waals surface area contributed by atoms with Crippen LogP contribution in [0.25, 0.3) is 10.3 Å². The molecule has 32 heavy (non-hydrogen) atoms. The first-order chi connectivity index (χ1) is 15.5. The Labute approximate surface area is 190 Å². The second-order valence-corrected chi connectivity index (χ2v) is 9.68. The summed E-state index contributed by atoms with van der Waals surface area (Å²) in [6.45, 7) is 4.91. The number of hydrogen-bond acceptors (Lipinski definition) is 8. The maximum atomic E-state index is 13.0. The quantitative estimate of drug-likeness (QED) is 0.477. The van der Waals surface area contributed by atoms with E-state index in [1.54, 1.807) is 6.20 Å². The SMILES string of the molecule is Cc1cnc2c(N)c(C(=O)N[C@@H]3CCc4cc(N5CCNC[C@H](O)C5)ccc4C3)sc2n1. The summed E-state index contributed by atoms with van der Waals surface area (Å²) in [6, 6.07) is 6.61. The second-order valence-electron chi connectivity index (χ2n) is 8.68. The van der Waals surface area contributed by atoms with Crippen LogP contribution in [-0.2, 0) is 12.8 Å². The molecule has 0 unspecified atom stereocenters. The first-order valence-electron chi connectivity index (χ1n) is 11.1. The van der Waals surface area contributed by atoms with Crippen molar-refractivity contribution in [3.05, 3.63) is 46.1 Å². The molecule has 5 rings (SSSR count). The third-order valence-electron chi connectivity index (χ3n) is 6.25. The lowest BCUT2D eigenvalue weighted by atomic mass is 9.87. The first kappa shape index (κ1) is 21.1. The summed E-state index contributed by atoms with van der Waals surface area (Å²) in [6.07, 6.45) is 3.90. The number of thiophene rings is 1. The van der Waals surface area contributed by atoms with Gasteiger partial charge in [0.15, 0.2) is 0 Å². The maximum absolute atomic E-state index is 13.0. The van der Waals surface area contributed by atoms with Crippen LogP contribution >= 0.6 is 11.3 Å². The number of benzene rings is 1. The van der Waals surface area contributed by atoms with Gasteiger partial charge < -0.3 is 26.4 Å². The number of fused-ring (bicyclic) bond motifs is 2. The van der Waals surface area contributed by atoms with Crippen LogP contribution in [-0.4, -0.2) is 59.3 Å². The van der Waals surface area contributed by atoms with Gasteiger partial charge in [0.05, 0.1) is 17.5 Å². The fourth-order valence-electron chi connectivity index (χ4n) is 4.58. The first-order valence-corrected chi connectivity index (χ1v) is 11.9. The largest absolute Gasteiger partial charge is 0.396 e. The number of amides is 1. The Kier molecular flexibility index (Phi) is 5.71. The van der Waals surface area contributed by atoms with E-state index in [-0.39, 0.29) is 18.1 Å². The molecule has 8 nitrogen and oxygen atoms in total. The third-order valence-corrected chi connectivity index (χ3v) is 7.34. The molecule has 3 aromatic rings. The minimum Gasteiger partial charge on any atom is -0.396 e. The highest BCUT2D eigenvalue weighted by Crippen LogP contribution is 2.32. The fourth-order valence-corrected chi connectivity index (χ4v) is 5.58. The van der Waals surface area contributed by atoms with Gasteiger partial charge in [0, 0.05) is 44.1 Å². The lowest BCUT2D eigenvalue weighted by molar-refractivity contribution is 0.0938. The van der Waals surface area contributed by atoms with Gasteiger partial charge in [-0.15, -0.1) is 11.3 Å². The van der Waals surface area contributed by atoms with Gasteiger partial charge in [0.1, 0.15) is 15.2 Å². The second kappa shape index (κ2) is 8.65. The smallest absolute Gasteiger partial charge is 0.263 e. The van der Waals surface area contributed by atoms with Gasteiger partial charge in [0.2, 0.25) is 0 Å². The van der Waals surface area contributed by atoms with Crippen LogP contribution in [0.1, 0.15) is 32.9 Å². The summed E-state index contributed by atoms with van der Waals surface area (Å²) in [5.41, 5.74) is 11.8. The summed E-state index contributed by atoms with van der Waals surface area (Å²) in [5.74, 6) is -0.152. The zero-order valence-electron chi connectivity index (χ0n) is 18.1. The van der Waals surface area contributed by atoms with E-state index in [0.717, 1.165) is 43.7 Å². The molecule has 0 radical (unpaired) electrons. The molecule has 5 N–H and O–H groups in total. The Morgan fingerprint density at radius 3 is 3.12 bits per heavy atom. The van der Waals surface area contributed by atoms with Crippen molar-refractivity contribution < 1.29 is 9.90 Å². The molecule has 1 aromatic carbocycles. The van der Waals surface area contributed by atoms with Gasteiger partial charge in [0.25, 0.3) is 5.91 Å². The molecule has 9 heteroatoms. The Bertz CT molecular complexity index is 1160. The number of carbonyl (C=O) groups excluding carboxylic acids is 1. The van der Waals surface area contributed by atoms with Crippen LogP contribution in [0.2, 0.25) is 0 Å². The van der Waals surface area contributed by atoms with Crippen molar-refractivity contribution >= 4 is 39.0 Å². The Balaban J connectivity index is 1.28. The third kappa shape index (κ3) is 4.15. The average molecular weight is 453 g/mol. The summed E-state index contributed by atoms with van der Waals surface area (Å²) in [5, 5.41) is 16.5. The molecular weight excluding hydrogens is 424 g/mol. The number of nitrogen functional groups attached to an aromatic ring is 1. The summed E-state index contributed by atoms with van der Waals surface area (Å²) in [4.78, 5) is 25.2. The monoisotopic (exact) mass is 452 g/mol. The van der Waals surface area contributed by atoms with Crippen LogP contribution < -0.4 is 21.3 Å². The number of hydrogen-bond donors (Lipinski definition) is 4. The Hall–Kier alpha value is -2.75. The van der Waals surface area contributed by atoms with Gasteiger partial charge >= 0.3 is 0 Å². The fraction of sp³-hybridized carbons (Fsp3) is 0.435. The number of aryl methyl sites for hydroxylation is 2. The number of nitrogens with zero attached hydrogens (tertiary/aromatic N) is 3. The highest BCUT2D eigenvalue weighted by atomic mass is 32.1. The molecule has 2 atom stereocenters. The number of aliphatic hydroxyl groups excluding tert-OH is 1. The van der Waals surface area contributed by atoms with E-state index in [4.69, 9.17) is 5.73 Å². The predicted octanol–water partition coefficient (Wildman–Crippen LogP) is 1.64. The Morgan fingerprint density at radius 2 is 2.25 bits per heavy atom. The number of rotatable bonds is 3. The zero-order chi connectivity index (χ0) is 22.2. The maximum Gasteiger partial charge on any atom is 0.263 e. The Morgan fingerprint density at radius 1 is 1.38 bits per heavy atom. The lowest BCUT2D eigenvalue weighted by Crippen LogP contribution is -2.39. The molecule has 1 aliphatic carbocycles. The molecule has 0 bridgehead atoms. The van der Waals surface area contributed by atoms with E-state index < -0.39 is 0 Å². The molecule has 0 saturated carbocycles. The van der Waals surface area contributed by atoms with Crippen molar-refractivity contribution in [2.75, 3.05) is 36.8 Å². The topological polar surface area (TPSA) is 116 Å². The summed E-state index contributed by atoms with van der Waals surface area (Å²) < 4.78 is 0. The molecule has 168 valence electrons. The highest BCUT2D eigenvalue weighted by Gasteiger charge is 2.25. The van der Waals surface area contributed by atoms with Crippen molar-refractivity contribution in [1.29, 1.82) is 0 Å². The molecule has 1 amide bonds. The minimum absolute atomic E-state index is 0.0670. The van der Waals surface area contributed by atoms with E-state index >= 15 is 0 Å². The number of nitrogens with one attached hydrogen (secondary N) is 2. The van der Waals surface area contributed by atoms with Crippen LogP contribution in [0.15, 0.2) is 24.4 Å². The number of nitrogens with two attached hydrogens (primary N) is 1. The van der Waals surface area contributed by atoms with E-state index in [1.165, 1.54) is 22.5 Å².